The maximum absolute atomic E-state index is 9.84. The molecule has 0 spiro atoms. The molecule has 2 rings (SSSR count). The monoisotopic (exact) mass is 302 g/mol. The summed E-state index contributed by atoms with van der Waals surface area (Å²) in [6.07, 6.45) is 7.88. The van der Waals surface area contributed by atoms with Gasteiger partial charge < -0.3 is 0 Å². The third-order valence-electron chi connectivity index (χ3n) is 5.08. The Hall–Kier alpha value is -0.773. The van der Waals surface area contributed by atoms with E-state index >= 15 is 0 Å². The topological polar surface area (TPSA) is 27.0 Å². The molecule has 3 heteroatoms. The molecule has 0 radical (unpaired) electrons. The zero-order valence-electron chi connectivity index (χ0n) is 14.2. The van der Waals surface area contributed by atoms with Gasteiger partial charge in [0.1, 0.15) is 13.6 Å². The highest BCUT2D eigenvalue weighted by atomic mass is 28.3. The lowest BCUT2D eigenvalue weighted by Gasteiger charge is -2.47. The molecule has 0 saturated carbocycles. The van der Waals surface area contributed by atoms with Gasteiger partial charge in [0, 0.05) is 19.0 Å². The van der Waals surface area contributed by atoms with Crippen LogP contribution in [-0.4, -0.2) is 31.1 Å². The van der Waals surface area contributed by atoms with Gasteiger partial charge in [-0.15, -0.1) is 11.5 Å². The number of nitriles is 1. The maximum atomic E-state index is 9.84. The Morgan fingerprint density at radius 2 is 2.05 bits per heavy atom. The SMILES string of the molecule is C[C@@H]1CC[C@@](C#N)(CCCC#C[Si](C)(C)C)N2CCC[C@@H]12. The van der Waals surface area contributed by atoms with Crippen molar-refractivity contribution in [1.82, 2.24) is 4.90 Å². The van der Waals surface area contributed by atoms with Crippen LogP contribution in [0.25, 0.3) is 0 Å². The summed E-state index contributed by atoms with van der Waals surface area (Å²) in [6, 6.07) is 3.36. The molecule has 0 aromatic rings. The number of hydrogen-bond donors (Lipinski definition) is 0. The molecule has 116 valence electrons. The standard InChI is InChI=1S/C18H30N2Si/c1-16-10-12-18(15-19,20-13-8-9-17(16)20)11-6-5-7-14-21(2,3)4/h16-17H,5-6,8-13H2,1-4H3/t16-,17+,18-/m1/s1. The van der Waals surface area contributed by atoms with Gasteiger partial charge in [-0.05, 0) is 44.4 Å². The summed E-state index contributed by atoms with van der Waals surface area (Å²) in [7, 11) is -1.24. The number of fused-ring (bicyclic) bond motifs is 1. The molecule has 0 aromatic carbocycles. The summed E-state index contributed by atoms with van der Waals surface area (Å²) in [5.74, 6) is 4.12. The minimum atomic E-state index is -1.24. The normalized spacial score (nSPS) is 32.9. The molecule has 3 atom stereocenters. The fourth-order valence-corrected chi connectivity index (χ4v) is 4.61. The Morgan fingerprint density at radius 3 is 2.71 bits per heavy atom. The second kappa shape index (κ2) is 6.55. The zero-order valence-corrected chi connectivity index (χ0v) is 15.2. The average molecular weight is 303 g/mol. The summed E-state index contributed by atoms with van der Waals surface area (Å²) in [4.78, 5) is 2.55. The van der Waals surface area contributed by atoms with Crippen LogP contribution in [0.4, 0.5) is 0 Å². The van der Waals surface area contributed by atoms with Gasteiger partial charge in [-0.3, -0.25) is 4.90 Å². The Balaban J connectivity index is 1.95. The van der Waals surface area contributed by atoms with Gasteiger partial charge in [-0.25, -0.2) is 0 Å². The highest BCUT2D eigenvalue weighted by Gasteiger charge is 2.47. The molecule has 2 fully saturated rings. The first kappa shape index (κ1) is 16.6. The van der Waals surface area contributed by atoms with E-state index < -0.39 is 8.07 Å². The molecule has 2 aliphatic heterocycles. The van der Waals surface area contributed by atoms with Crippen LogP contribution >= 0.6 is 0 Å². The quantitative estimate of drug-likeness (QED) is 0.444. The van der Waals surface area contributed by atoms with Crippen LogP contribution < -0.4 is 0 Å². The Bertz CT molecular complexity index is 462. The van der Waals surface area contributed by atoms with Gasteiger partial charge in [0.25, 0.3) is 0 Å². The van der Waals surface area contributed by atoms with Crippen molar-refractivity contribution in [2.75, 3.05) is 6.54 Å². The van der Waals surface area contributed by atoms with Crippen molar-refractivity contribution < 1.29 is 0 Å². The van der Waals surface area contributed by atoms with Gasteiger partial charge >= 0.3 is 0 Å². The van der Waals surface area contributed by atoms with Crippen molar-refractivity contribution in [2.24, 2.45) is 5.92 Å². The molecule has 0 aromatic heterocycles. The van der Waals surface area contributed by atoms with Crippen molar-refractivity contribution in [1.29, 1.82) is 5.26 Å². The second-order valence-corrected chi connectivity index (χ2v) is 12.7. The number of rotatable bonds is 3. The lowest BCUT2D eigenvalue weighted by Crippen LogP contribution is -2.55. The average Bonchev–Trinajstić information content (AvgIpc) is 2.91. The molecule has 2 aliphatic rings. The first-order valence-electron chi connectivity index (χ1n) is 8.56. The molecule has 2 saturated heterocycles. The molecule has 0 unspecified atom stereocenters. The van der Waals surface area contributed by atoms with Crippen LogP contribution in [0.2, 0.25) is 19.6 Å². The van der Waals surface area contributed by atoms with Crippen molar-refractivity contribution in [3.05, 3.63) is 0 Å². The molecule has 2 heterocycles. The third-order valence-corrected chi connectivity index (χ3v) is 6.01. The van der Waals surface area contributed by atoms with Gasteiger partial charge in [0.2, 0.25) is 0 Å². The molecule has 0 aliphatic carbocycles. The highest BCUT2D eigenvalue weighted by molar-refractivity contribution is 6.83. The number of nitrogens with zero attached hydrogens (tertiary/aromatic N) is 2. The largest absolute Gasteiger partial charge is 0.282 e. The first-order valence-corrected chi connectivity index (χ1v) is 12.1. The summed E-state index contributed by atoms with van der Waals surface area (Å²) in [5, 5.41) is 9.84. The fraction of sp³-hybridized carbons (Fsp3) is 0.833. The van der Waals surface area contributed by atoms with Crippen LogP contribution in [-0.2, 0) is 0 Å². The summed E-state index contributed by atoms with van der Waals surface area (Å²) in [6.45, 7) is 10.4. The van der Waals surface area contributed by atoms with Gasteiger partial charge in [-0.2, -0.15) is 5.26 Å². The third kappa shape index (κ3) is 3.90. The smallest absolute Gasteiger partial charge is 0.129 e. The maximum Gasteiger partial charge on any atom is 0.129 e. The molecular formula is C18H30N2Si. The van der Waals surface area contributed by atoms with Crippen LogP contribution in [0.1, 0.15) is 51.9 Å². The van der Waals surface area contributed by atoms with Crippen LogP contribution in [0.5, 0.6) is 0 Å². The minimum absolute atomic E-state index is 0.186. The molecule has 0 bridgehead atoms. The fourth-order valence-electron chi connectivity index (χ4n) is 3.96. The van der Waals surface area contributed by atoms with Crippen molar-refractivity contribution >= 4 is 8.07 Å². The van der Waals surface area contributed by atoms with E-state index in [4.69, 9.17) is 0 Å². The van der Waals surface area contributed by atoms with Gasteiger partial charge in [-0.1, -0.05) is 26.6 Å². The lowest BCUT2D eigenvalue weighted by molar-refractivity contribution is 0.0301. The van der Waals surface area contributed by atoms with Gasteiger partial charge in [0.05, 0.1) is 6.07 Å². The van der Waals surface area contributed by atoms with Crippen LogP contribution in [0.15, 0.2) is 0 Å². The van der Waals surface area contributed by atoms with E-state index in [1.807, 2.05) is 0 Å². The zero-order chi connectivity index (χ0) is 15.5. The molecule has 0 amide bonds. The molecule has 0 N–H and O–H groups in total. The van der Waals surface area contributed by atoms with E-state index in [9.17, 15) is 5.26 Å². The van der Waals surface area contributed by atoms with Crippen LogP contribution in [0.3, 0.4) is 0 Å². The Kier molecular flexibility index (Phi) is 5.18. The van der Waals surface area contributed by atoms with Crippen molar-refractivity contribution in [3.8, 4) is 17.5 Å². The molecule has 2 nitrogen and oxygen atoms in total. The molecule has 21 heavy (non-hydrogen) atoms. The lowest BCUT2D eigenvalue weighted by atomic mass is 9.77. The number of piperidine rings is 1. The molecular weight excluding hydrogens is 272 g/mol. The predicted molar refractivity (Wildman–Crippen MR) is 91.4 cm³/mol. The summed E-state index contributed by atoms with van der Waals surface area (Å²) < 4.78 is 0. The summed E-state index contributed by atoms with van der Waals surface area (Å²) >= 11 is 0. The highest BCUT2D eigenvalue weighted by Crippen LogP contribution is 2.42. The first-order chi connectivity index (χ1) is 9.88. The van der Waals surface area contributed by atoms with E-state index in [1.165, 1.54) is 19.3 Å². The number of unbranched alkanes of at least 4 members (excludes halogenated alkanes) is 1. The van der Waals surface area contributed by atoms with E-state index in [2.05, 4.69) is 49.0 Å². The number of hydrogen-bond acceptors (Lipinski definition) is 2. The minimum Gasteiger partial charge on any atom is -0.282 e. The predicted octanol–water partition coefficient (Wildman–Crippen LogP) is 4.19. The Labute approximate surface area is 131 Å². The Morgan fingerprint density at radius 1 is 1.29 bits per heavy atom. The van der Waals surface area contributed by atoms with Crippen molar-refractivity contribution in [3.63, 3.8) is 0 Å². The summed E-state index contributed by atoms with van der Waals surface area (Å²) in [5.41, 5.74) is 3.25. The second-order valence-electron chi connectivity index (χ2n) is 7.97. The van der Waals surface area contributed by atoms with E-state index in [-0.39, 0.29) is 5.54 Å². The van der Waals surface area contributed by atoms with Crippen LogP contribution in [0, 0.1) is 28.7 Å². The van der Waals surface area contributed by atoms with Crippen molar-refractivity contribution in [2.45, 2.75) is 83.1 Å². The van der Waals surface area contributed by atoms with E-state index in [0.29, 0.717) is 6.04 Å². The van der Waals surface area contributed by atoms with E-state index in [1.54, 1.807) is 0 Å². The van der Waals surface area contributed by atoms with E-state index in [0.717, 1.165) is 38.1 Å². The van der Waals surface area contributed by atoms with Gasteiger partial charge in [0.15, 0.2) is 0 Å².